The van der Waals surface area contributed by atoms with Crippen LogP contribution < -0.4 is 5.32 Å². The van der Waals surface area contributed by atoms with Gasteiger partial charge in [-0.1, -0.05) is 26.7 Å². The highest BCUT2D eigenvalue weighted by Crippen LogP contribution is 2.41. The van der Waals surface area contributed by atoms with Gasteiger partial charge < -0.3 is 10.4 Å². The van der Waals surface area contributed by atoms with Gasteiger partial charge in [0.2, 0.25) is 5.91 Å². The fourth-order valence-corrected chi connectivity index (χ4v) is 2.63. The summed E-state index contributed by atoms with van der Waals surface area (Å²) in [7, 11) is 0. The number of carboxylic acid groups (broad SMARTS) is 1. The Morgan fingerprint density at radius 2 is 1.89 bits per heavy atom. The van der Waals surface area contributed by atoms with E-state index in [1.54, 1.807) is 0 Å². The molecule has 0 radical (unpaired) electrons. The van der Waals surface area contributed by atoms with E-state index in [0.717, 1.165) is 25.7 Å². The van der Waals surface area contributed by atoms with Crippen molar-refractivity contribution in [2.45, 2.75) is 58.8 Å². The number of carbonyl (C=O) groups is 2. The lowest BCUT2D eigenvalue weighted by molar-refractivity contribution is -0.151. The summed E-state index contributed by atoms with van der Waals surface area (Å²) in [5, 5.41) is 12.1. The summed E-state index contributed by atoms with van der Waals surface area (Å²) in [6.45, 7) is 4.96. The summed E-state index contributed by atoms with van der Waals surface area (Å²) < 4.78 is 0. The molecule has 0 atom stereocenters. The van der Waals surface area contributed by atoms with Crippen molar-refractivity contribution in [2.24, 2.45) is 11.3 Å². The number of hydrogen-bond donors (Lipinski definition) is 2. The Hall–Kier alpha value is -1.06. The number of nitrogens with one attached hydrogen (secondary N) is 1. The predicted octanol–water partition coefficient (Wildman–Crippen LogP) is 2.57. The van der Waals surface area contributed by atoms with Gasteiger partial charge in [-0.15, -0.1) is 0 Å². The lowest BCUT2D eigenvalue weighted by Gasteiger charge is -2.22. The standard InChI is InChI=1S/C14H25NO3/c1-11(2)6-5-9-15-12(16)10-14(13(17)18)7-3-4-8-14/h11H,3-10H2,1-2H3,(H,15,16)(H,17,18). The number of carbonyl (C=O) groups excluding carboxylic acids is 1. The minimum atomic E-state index is -0.808. The van der Waals surface area contributed by atoms with Gasteiger partial charge in [0.15, 0.2) is 0 Å². The summed E-state index contributed by atoms with van der Waals surface area (Å²) in [5.41, 5.74) is -0.790. The number of aliphatic carboxylic acids is 1. The summed E-state index contributed by atoms with van der Waals surface area (Å²) in [4.78, 5) is 23.1. The molecule has 1 fully saturated rings. The summed E-state index contributed by atoms with van der Waals surface area (Å²) in [6.07, 6.45) is 5.32. The maximum atomic E-state index is 11.8. The monoisotopic (exact) mass is 255 g/mol. The minimum absolute atomic E-state index is 0.108. The van der Waals surface area contributed by atoms with Crippen molar-refractivity contribution in [3.63, 3.8) is 0 Å². The zero-order valence-corrected chi connectivity index (χ0v) is 11.5. The number of rotatable bonds is 7. The zero-order chi connectivity index (χ0) is 13.6. The van der Waals surface area contributed by atoms with Crippen molar-refractivity contribution in [2.75, 3.05) is 6.54 Å². The third kappa shape index (κ3) is 4.31. The Bertz CT molecular complexity index is 293. The van der Waals surface area contributed by atoms with Gasteiger partial charge in [-0.2, -0.15) is 0 Å². The van der Waals surface area contributed by atoms with Crippen LogP contribution in [-0.2, 0) is 9.59 Å². The van der Waals surface area contributed by atoms with Crippen molar-refractivity contribution in [3.05, 3.63) is 0 Å². The molecule has 0 aromatic rings. The molecule has 4 nitrogen and oxygen atoms in total. The molecule has 0 bridgehead atoms. The molecule has 1 aliphatic rings. The van der Waals surface area contributed by atoms with Gasteiger partial charge in [0.05, 0.1) is 5.41 Å². The molecule has 0 aromatic carbocycles. The van der Waals surface area contributed by atoms with E-state index >= 15 is 0 Å². The summed E-state index contributed by atoms with van der Waals surface area (Å²) >= 11 is 0. The third-order valence-electron chi connectivity index (χ3n) is 3.79. The van der Waals surface area contributed by atoms with Gasteiger partial charge in [-0.3, -0.25) is 9.59 Å². The van der Waals surface area contributed by atoms with Crippen LogP contribution in [0, 0.1) is 11.3 Å². The Labute approximate surface area is 109 Å². The Balaban J connectivity index is 2.32. The van der Waals surface area contributed by atoms with Crippen LogP contribution in [-0.4, -0.2) is 23.5 Å². The molecule has 0 aromatic heterocycles. The average molecular weight is 255 g/mol. The normalized spacial score (nSPS) is 17.9. The second kappa shape index (κ2) is 6.76. The first-order valence-corrected chi connectivity index (χ1v) is 6.96. The molecule has 0 spiro atoms. The zero-order valence-electron chi connectivity index (χ0n) is 11.5. The van der Waals surface area contributed by atoms with E-state index in [2.05, 4.69) is 19.2 Å². The van der Waals surface area contributed by atoms with Gasteiger partial charge in [-0.05, 0) is 31.6 Å². The van der Waals surface area contributed by atoms with E-state index < -0.39 is 11.4 Å². The number of carboxylic acids is 1. The van der Waals surface area contributed by atoms with E-state index in [1.807, 2.05) is 0 Å². The van der Waals surface area contributed by atoms with Crippen LogP contribution in [0.5, 0.6) is 0 Å². The first kappa shape index (κ1) is 15.0. The van der Waals surface area contributed by atoms with Crippen LogP contribution >= 0.6 is 0 Å². The molecule has 0 saturated heterocycles. The fraction of sp³-hybridized carbons (Fsp3) is 0.857. The van der Waals surface area contributed by atoms with E-state index in [-0.39, 0.29) is 12.3 Å². The third-order valence-corrected chi connectivity index (χ3v) is 3.79. The molecule has 18 heavy (non-hydrogen) atoms. The van der Waals surface area contributed by atoms with Crippen LogP contribution in [0.15, 0.2) is 0 Å². The van der Waals surface area contributed by atoms with Crippen LogP contribution in [0.1, 0.15) is 58.8 Å². The largest absolute Gasteiger partial charge is 0.481 e. The van der Waals surface area contributed by atoms with Crippen molar-refractivity contribution in [1.29, 1.82) is 0 Å². The average Bonchev–Trinajstić information content (AvgIpc) is 2.74. The number of hydrogen-bond acceptors (Lipinski definition) is 2. The van der Waals surface area contributed by atoms with Gasteiger partial charge in [-0.25, -0.2) is 0 Å². The van der Waals surface area contributed by atoms with Crippen LogP contribution in [0.25, 0.3) is 0 Å². The maximum absolute atomic E-state index is 11.8. The van der Waals surface area contributed by atoms with Crippen LogP contribution in [0.2, 0.25) is 0 Å². The minimum Gasteiger partial charge on any atom is -0.481 e. The molecule has 1 saturated carbocycles. The molecule has 1 amide bonds. The second-order valence-electron chi connectivity index (χ2n) is 5.86. The molecule has 4 heteroatoms. The van der Waals surface area contributed by atoms with Crippen LogP contribution in [0.3, 0.4) is 0 Å². The molecule has 1 aliphatic carbocycles. The van der Waals surface area contributed by atoms with Crippen molar-refractivity contribution in [1.82, 2.24) is 5.32 Å². The van der Waals surface area contributed by atoms with Crippen LogP contribution in [0.4, 0.5) is 0 Å². The highest BCUT2D eigenvalue weighted by molar-refractivity contribution is 5.85. The maximum Gasteiger partial charge on any atom is 0.310 e. The van der Waals surface area contributed by atoms with E-state index in [1.165, 1.54) is 0 Å². The van der Waals surface area contributed by atoms with Gasteiger partial charge in [0, 0.05) is 13.0 Å². The van der Waals surface area contributed by atoms with Crippen molar-refractivity contribution < 1.29 is 14.7 Å². The van der Waals surface area contributed by atoms with Crippen molar-refractivity contribution in [3.8, 4) is 0 Å². The highest BCUT2D eigenvalue weighted by Gasteiger charge is 2.42. The SMILES string of the molecule is CC(C)CCCNC(=O)CC1(C(=O)O)CCCC1. The first-order chi connectivity index (χ1) is 8.46. The predicted molar refractivity (Wildman–Crippen MR) is 70.2 cm³/mol. The lowest BCUT2D eigenvalue weighted by Crippen LogP contribution is -2.36. The quantitative estimate of drug-likeness (QED) is 0.687. The topological polar surface area (TPSA) is 66.4 Å². The molecule has 0 heterocycles. The smallest absolute Gasteiger partial charge is 0.310 e. The van der Waals surface area contributed by atoms with Crippen molar-refractivity contribution >= 4 is 11.9 Å². The van der Waals surface area contributed by atoms with Gasteiger partial charge in [0.1, 0.15) is 0 Å². The lowest BCUT2D eigenvalue weighted by atomic mass is 9.82. The molecule has 1 rings (SSSR count). The molecular formula is C14H25NO3. The fourth-order valence-electron chi connectivity index (χ4n) is 2.63. The van der Waals surface area contributed by atoms with Gasteiger partial charge >= 0.3 is 5.97 Å². The molecule has 104 valence electrons. The van der Waals surface area contributed by atoms with E-state index in [4.69, 9.17) is 0 Å². The Morgan fingerprint density at radius 1 is 1.28 bits per heavy atom. The van der Waals surface area contributed by atoms with Gasteiger partial charge in [0.25, 0.3) is 0 Å². The first-order valence-electron chi connectivity index (χ1n) is 6.96. The Morgan fingerprint density at radius 3 is 2.39 bits per heavy atom. The number of amides is 1. The van der Waals surface area contributed by atoms with E-state index in [0.29, 0.717) is 25.3 Å². The Kier molecular flexibility index (Phi) is 5.63. The van der Waals surface area contributed by atoms with E-state index in [9.17, 15) is 14.7 Å². The molecule has 0 aliphatic heterocycles. The highest BCUT2D eigenvalue weighted by atomic mass is 16.4. The summed E-state index contributed by atoms with van der Waals surface area (Å²) in [6, 6.07) is 0. The summed E-state index contributed by atoms with van der Waals surface area (Å²) in [5.74, 6) is -0.275. The molecule has 0 unspecified atom stereocenters. The second-order valence-corrected chi connectivity index (χ2v) is 5.86. The molecule has 2 N–H and O–H groups in total. The molecular weight excluding hydrogens is 230 g/mol.